The van der Waals surface area contributed by atoms with E-state index in [1.165, 1.54) is 22.7 Å². The van der Waals surface area contributed by atoms with E-state index in [9.17, 15) is 9.59 Å². The van der Waals surface area contributed by atoms with Crippen molar-refractivity contribution in [2.45, 2.75) is 52.5 Å². The van der Waals surface area contributed by atoms with Gasteiger partial charge in [-0.1, -0.05) is 43.7 Å². The molecule has 9 aromatic rings. The van der Waals surface area contributed by atoms with Crippen LogP contribution in [0, 0.1) is 22.7 Å². The van der Waals surface area contributed by atoms with E-state index in [2.05, 4.69) is 77.6 Å². The molecule has 0 saturated heterocycles. The van der Waals surface area contributed by atoms with E-state index >= 15 is 0 Å². The van der Waals surface area contributed by atoms with Crippen LogP contribution in [0.25, 0.3) is 20.2 Å². The van der Waals surface area contributed by atoms with Gasteiger partial charge in [0.05, 0.1) is 76.7 Å². The van der Waals surface area contributed by atoms with E-state index in [0.29, 0.717) is 55.3 Å². The molecule has 12 nitrogen and oxygen atoms in total. The Hall–Kier alpha value is -7.56. The van der Waals surface area contributed by atoms with Crippen LogP contribution >= 0.6 is 34.0 Å². The van der Waals surface area contributed by atoms with Gasteiger partial charge in [-0.3, -0.25) is 9.59 Å². The smallest absolute Gasteiger partial charge is 0.261 e. The van der Waals surface area contributed by atoms with Gasteiger partial charge in [0.1, 0.15) is 0 Å². The van der Waals surface area contributed by atoms with E-state index in [1.54, 1.807) is 11.3 Å². The highest BCUT2D eigenvalue weighted by molar-refractivity contribution is 7.21. The molecule has 4 aromatic carbocycles. The van der Waals surface area contributed by atoms with E-state index < -0.39 is 0 Å². The summed E-state index contributed by atoms with van der Waals surface area (Å²) in [5.41, 5.74) is 7.66. The number of carbonyl (C=O) groups excluding carboxylic acids is 2. The van der Waals surface area contributed by atoms with Gasteiger partial charge < -0.3 is 30.4 Å². The molecule has 0 radical (unpaired) electrons. The molecule has 0 aliphatic rings. The van der Waals surface area contributed by atoms with Gasteiger partial charge in [0, 0.05) is 57.7 Å². The molecule has 0 unspecified atom stereocenters. The van der Waals surface area contributed by atoms with Gasteiger partial charge in [-0.2, -0.15) is 10.5 Å². The van der Waals surface area contributed by atoms with Crippen molar-refractivity contribution in [1.82, 2.24) is 29.7 Å². The molecular formula is C51H46N10O2S3. The Morgan fingerprint density at radius 1 is 0.636 bits per heavy atom. The Morgan fingerprint density at radius 2 is 1.15 bits per heavy atom. The number of nitriles is 2. The van der Waals surface area contributed by atoms with Crippen LogP contribution in [-0.4, -0.2) is 37.5 Å². The van der Waals surface area contributed by atoms with Crippen LogP contribution in [0.4, 0.5) is 11.4 Å². The Balaban J connectivity index is 0.000000180. The first-order valence-electron chi connectivity index (χ1n) is 21.4. The first-order valence-corrected chi connectivity index (χ1v) is 23.9. The molecule has 4 N–H and O–H groups in total. The predicted octanol–water partition coefficient (Wildman–Crippen LogP) is 10.8. The molecule has 0 atom stereocenters. The van der Waals surface area contributed by atoms with Gasteiger partial charge in [-0.25, -0.2) is 9.97 Å². The quantitative estimate of drug-likeness (QED) is 0.0655. The number of amides is 2. The number of rotatable bonds is 17. The summed E-state index contributed by atoms with van der Waals surface area (Å²) >= 11 is 4.66. The van der Waals surface area contributed by atoms with Gasteiger partial charge in [0.15, 0.2) is 0 Å². The highest BCUT2D eigenvalue weighted by atomic mass is 32.1. The summed E-state index contributed by atoms with van der Waals surface area (Å²) in [5, 5.41) is 34.9. The highest BCUT2D eigenvalue weighted by Crippen LogP contribution is 2.30. The van der Waals surface area contributed by atoms with Crippen LogP contribution in [0.1, 0.15) is 77.6 Å². The van der Waals surface area contributed by atoms with Gasteiger partial charge >= 0.3 is 0 Å². The number of fused-ring (bicyclic) bond motifs is 2. The number of benzene rings is 4. The number of thiophene rings is 3. The average Bonchev–Trinajstić information content (AvgIpc) is 4.22. The maximum Gasteiger partial charge on any atom is 0.261 e. The van der Waals surface area contributed by atoms with Crippen LogP contribution in [0.3, 0.4) is 0 Å². The molecule has 0 bridgehead atoms. The van der Waals surface area contributed by atoms with Crippen molar-refractivity contribution in [3.05, 3.63) is 188 Å². The van der Waals surface area contributed by atoms with Crippen molar-refractivity contribution >= 4 is 77.4 Å². The van der Waals surface area contributed by atoms with Crippen molar-refractivity contribution < 1.29 is 9.59 Å². The number of nitrogens with zero attached hydrogens (tertiary/aromatic N) is 6. The predicted molar refractivity (Wildman–Crippen MR) is 266 cm³/mol. The van der Waals surface area contributed by atoms with Crippen molar-refractivity contribution in [2.75, 3.05) is 17.2 Å². The summed E-state index contributed by atoms with van der Waals surface area (Å²) in [6, 6.07) is 39.7. The van der Waals surface area contributed by atoms with E-state index in [0.717, 1.165) is 76.7 Å². The third kappa shape index (κ3) is 11.8. The first-order chi connectivity index (χ1) is 32.3. The van der Waals surface area contributed by atoms with Crippen molar-refractivity contribution in [3.8, 4) is 12.1 Å². The lowest BCUT2D eigenvalue weighted by atomic mass is 10.1. The minimum Gasteiger partial charge on any atom is -0.379 e. The summed E-state index contributed by atoms with van der Waals surface area (Å²) in [6.07, 6.45) is 9.41. The number of hydrogen-bond donors (Lipinski definition) is 4. The molecule has 0 aliphatic heterocycles. The minimum atomic E-state index is -0.0455. The second-order valence-corrected chi connectivity index (χ2v) is 18.6. The lowest BCUT2D eigenvalue weighted by Crippen LogP contribution is -2.23. The third-order valence-corrected chi connectivity index (χ3v) is 13.8. The van der Waals surface area contributed by atoms with Gasteiger partial charge in [0.2, 0.25) is 0 Å². The molecule has 2 amide bonds. The number of carbonyl (C=O) groups is 2. The normalized spacial score (nSPS) is 10.8. The van der Waals surface area contributed by atoms with E-state index in [-0.39, 0.29) is 11.8 Å². The zero-order valence-corrected chi connectivity index (χ0v) is 38.6. The summed E-state index contributed by atoms with van der Waals surface area (Å²) in [4.78, 5) is 36.1. The molecule has 5 aromatic heterocycles. The fraction of sp³-hybridized carbons (Fsp3) is 0.176. The van der Waals surface area contributed by atoms with Crippen LogP contribution in [0.15, 0.2) is 140 Å². The van der Waals surface area contributed by atoms with Crippen LogP contribution in [-0.2, 0) is 32.7 Å². The van der Waals surface area contributed by atoms with Crippen molar-refractivity contribution in [1.29, 1.82) is 10.5 Å². The lowest BCUT2D eigenvalue weighted by molar-refractivity contribution is 0.0948. The summed E-state index contributed by atoms with van der Waals surface area (Å²) in [7, 11) is 0. The molecular weight excluding hydrogens is 881 g/mol. The second-order valence-electron chi connectivity index (χ2n) is 15.4. The molecule has 9 rings (SSSR count). The maximum atomic E-state index is 12.6. The molecule has 0 spiro atoms. The Morgan fingerprint density at radius 3 is 1.62 bits per heavy atom. The molecule has 66 heavy (non-hydrogen) atoms. The number of imidazole rings is 2. The zero-order valence-electron chi connectivity index (χ0n) is 36.2. The SMILES string of the molecule is CCCCNC(=O)c1cc2cc(NCc3cncn3Cc3ccc(C#N)cc3)ccc2s1.N#Cc1ccc(Cn2cncc2CNc2ccc3sc(C(=O)NCc4cccs4)cc3c2)cc1. The van der Waals surface area contributed by atoms with Crippen LogP contribution < -0.4 is 21.3 Å². The molecule has 0 fully saturated rings. The number of anilines is 2. The van der Waals surface area contributed by atoms with E-state index in [1.807, 2.05) is 121 Å². The average molecular weight is 927 g/mol. The van der Waals surface area contributed by atoms with Gasteiger partial charge in [0.25, 0.3) is 11.8 Å². The summed E-state index contributed by atoms with van der Waals surface area (Å²) < 4.78 is 6.36. The standard InChI is InChI=1S/C26H21N5OS2.C25H25N5OS/c27-12-18-3-5-19(6-4-18)16-31-17-28-13-22(31)14-29-21-7-8-24-20(10-21)11-25(34-24)26(32)30-15-23-2-1-9-33-23;1-2-3-10-28-25(31)24-12-20-11-21(8-9-23(20)32-24)29-15-22-14-27-17-30(22)16-19-6-4-18(13-26)5-7-19/h1-11,13,17,29H,14-16H2,(H,30,32);4-9,11-12,14,17,29H,2-3,10,15-16H2,1H3,(H,28,31). The number of nitrogens with one attached hydrogen (secondary N) is 4. The van der Waals surface area contributed by atoms with Crippen LogP contribution in [0.2, 0.25) is 0 Å². The second kappa shape index (κ2) is 21.9. The van der Waals surface area contributed by atoms with Gasteiger partial charge in [-0.05, 0) is 113 Å². The summed E-state index contributed by atoms with van der Waals surface area (Å²) in [6.45, 7) is 6.02. The lowest BCUT2D eigenvalue weighted by Gasteiger charge is -2.10. The summed E-state index contributed by atoms with van der Waals surface area (Å²) in [5.74, 6) is -0.0447. The molecule has 0 aliphatic carbocycles. The Kier molecular flexibility index (Phi) is 14.9. The van der Waals surface area contributed by atoms with Crippen molar-refractivity contribution in [2.24, 2.45) is 0 Å². The highest BCUT2D eigenvalue weighted by Gasteiger charge is 2.13. The minimum absolute atomic E-state index is 0.000800. The van der Waals surface area contributed by atoms with E-state index in [4.69, 9.17) is 10.5 Å². The Labute approximate surface area is 394 Å². The molecule has 15 heteroatoms. The topological polar surface area (TPSA) is 165 Å². The maximum absolute atomic E-state index is 12.6. The van der Waals surface area contributed by atoms with Gasteiger partial charge in [-0.15, -0.1) is 34.0 Å². The number of aromatic nitrogens is 4. The third-order valence-electron chi connectivity index (χ3n) is 10.7. The molecule has 5 heterocycles. The van der Waals surface area contributed by atoms with Crippen LogP contribution in [0.5, 0.6) is 0 Å². The number of hydrogen-bond acceptors (Lipinski definition) is 11. The number of unbranched alkanes of at least 4 members (excludes halogenated alkanes) is 1. The fourth-order valence-electron chi connectivity index (χ4n) is 7.09. The fourth-order valence-corrected chi connectivity index (χ4v) is 9.65. The zero-order chi connectivity index (χ0) is 45.7. The molecule has 0 saturated carbocycles. The Bertz CT molecular complexity index is 3130. The molecule has 330 valence electrons. The monoisotopic (exact) mass is 926 g/mol. The largest absolute Gasteiger partial charge is 0.379 e. The van der Waals surface area contributed by atoms with Crippen molar-refractivity contribution in [3.63, 3.8) is 0 Å². The first kappa shape index (κ1) is 45.0.